The van der Waals surface area contributed by atoms with E-state index in [1.54, 1.807) is 0 Å². The summed E-state index contributed by atoms with van der Waals surface area (Å²) < 4.78 is 5.89. The Labute approximate surface area is 120 Å². The molecule has 0 amide bonds. The number of aryl methyl sites for hydroxylation is 2. The van der Waals surface area contributed by atoms with Crippen LogP contribution >= 0.6 is 0 Å². The van der Waals surface area contributed by atoms with Crippen molar-refractivity contribution in [2.45, 2.75) is 33.3 Å². The molecule has 3 nitrogen and oxygen atoms in total. The van der Waals surface area contributed by atoms with Crippen molar-refractivity contribution >= 4 is 0 Å². The molecule has 0 saturated carbocycles. The molecule has 2 N–H and O–H groups in total. The standard InChI is InChI=1S/C17H22N2O/c1-3-14-5-7-15(8-6-14)12-20-17-9-4-13(2)19-16(17)10-11-18/h4-9H,3,10-12,18H2,1-2H3. The van der Waals surface area contributed by atoms with Crippen molar-refractivity contribution in [1.29, 1.82) is 0 Å². The maximum Gasteiger partial charge on any atom is 0.141 e. The van der Waals surface area contributed by atoms with E-state index in [-0.39, 0.29) is 0 Å². The summed E-state index contributed by atoms with van der Waals surface area (Å²) in [5.74, 6) is 0.834. The van der Waals surface area contributed by atoms with Gasteiger partial charge >= 0.3 is 0 Å². The molecule has 0 saturated heterocycles. The molecule has 0 aliphatic heterocycles. The summed E-state index contributed by atoms with van der Waals surface area (Å²) in [6.45, 7) is 5.28. The van der Waals surface area contributed by atoms with Crippen LogP contribution in [0.2, 0.25) is 0 Å². The van der Waals surface area contributed by atoms with Crippen LogP contribution < -0.4 is 10.5 Å². The van der Waals surface area contributed by atoms with Gasteiger partial charge < -0.3 is 10.5 Å². The van der Waals surface area contributed by atoms with Crippen molar-refractivity contribution in [2.75, 3.05) is 6.54 Å². The number of nitrogens with two attached hydrogens (primary N) is 1. The summed E-state index contributed by atoms with van der Waals surface area (Å²) in [5.41, 5.74) is 10.1. The molecular formula is C17H22N2O. The lowest BCUT2D eigenvalue weighted by molar-refractivity contribution is 0.301. The van der Waals surface area contributed by atoms with Gasteiger partial charge in [-0.1, -0.05) is 31.2 Å². The summed E-state index contributed by atoms with van der Waals surface area (Å²) >= 11 is 0. The molecule has 0 radical (unpaired) electrons. The molecule has 0 spiro atoms. The van der Waals surface area contributed by atoms with Gasteiger partial charge in [-0.2, -0.15) is 0 Å². The third-order valence-corrected chi connectivity index (χ3v) is 3.28. The zero-order valence-electron chi connectivity index (χ0n) is 12.2. The van der Waals surface area contributed by atoms with Crippen molar-refractivity contribution in [3.63, 3.8) is 0 Å². The first-order chi connectivity index (χ1) is 9.72. The minimum atomic E-state index is 0.562. The van der Waals surface area contributed by atoms with Gasteiger partial charge in [0.25, 0.3) is 0 Å². The van der Waals surface area contributed by atoms with Crippen LogP contribution in [-0.2, 0) is 19.4 Å². The van der Waals surface area contributed by atoms with Crippen LogP contribution in [0.15, 0.2) is 36.4 Å². The minimum absolute atomic E-state index is 0.562. The van der Waals surface area contributed by atoms with Crippen LogP contribution in [0.3, 0.4) is 0 Å². The predicted molar refractivity (Wildman–Crippen MR) is 81.9 cm³/mol. The van der Waals surface area contributed by atoms with E-state index in [1.165, 1.54) is 11.1 Å². The van der Waals surface area contributed by atoms with Gasteiger partial charge in [-0.05, 0) is 43.1 Å². The van der Waals surface area contributed by atoms with Crippen molar-refractivity contribution in [1.82, 2.24) is 4.98 Å². The van der Waals surface area contributed by atoms with Gasteiger partial charge in [-0.15, -0.1) is 0 Å². The Bertz CT molecular complexity index is 549. The topological polar surface area (TPSA) is 48.1 Å². The van der Waals surface area contributed by atoms with Crippen molar-refractivity contribution in [3.8, 4) is 5.75 Å². The average molecular weight is 270 g/mol. The number of pyridine rings is 1. The van der Waals surface area contributed by atoms with Crippen LogP contribution in [0.5, 0.6) is 5.75 Å². The summed E-state index contributed by atoms with van der Waals surface area (Å²) in [6, 6.07) is 12.5. The summed E-state index contributed by atoms with van der Waals surface area (Å²) in [4.78, 5) is 4.50. The van der Waals surface area contributed by atoms with Crippen molar-refractivity contribution in [2.24, 2.45) is 5.73 Å². The molecule has 2 aromatic rings. The Hall–Kier alpha value is -1.87. The van der Waals surface area contributed by atoms with Crippen LogP contribution in [0.25, 0.3) is 0 Å². The number of ether oxygens (including phenoxy) is 1. The molecule has 3 heteroatoms. The Morgan fingerprint density at radius 3 is 2.40 bits per heavy atom. The second-order valence-corrected chi connectivity index (χ2v) is 4.89. The summed E-state index contributed by atoms with van der Waals surface area (Å²) in [6.07, 6.45) is 1.80. The van der Waals surface area contributed by atoms with E-state index in [2.05, 4.69) is 36.2 Å². The fourth-order valence-corrected chi connectivity index (χ4v) is 2.08. The Morgan fingerprint density at radius 1 is 1.05 bits per heavy atom. The van der Waals surface area contributed by atoms with E-state index >= 15 is 0 Å². The first-order valence-corrected chi connectivity index (χ1v) is 7.10. The number of hydrogen-bond donors (Lipinski definition) is 1. The lowest BCUT2D eigenvalue weighted by atomic mass is 10.1. The SMILES string of the molecule is CCc1ccc(COc2ccc(C)nc2CCN)cc1. The third kappa shape index (κ3) is 3.81. The predicted octanol–water partition coefficient (Wildman–Crippen LogP) is 3.03. The van der Waals surface area contributed by atoms with Crippen LogP contribution in [0, 0.1) is 6.92 Å². The van der Waals surface area contributed by atoms with Gasteiger partial charge in [0.1, 0.15) is 12.4 Å². The van der Waals surface area contributed by atoms with Gasteiger partial charge in [-0.3, -0.25) is 4.98 Å². The molecule has 0 bridgehead atoms. The number of rotatable bonds is 6. The highest BCUT2D eigenvalue weighted by molar-refractivity contribution is 5.30. The average Bonchev–Trinajstić information content (AvgIpc) is 2.47. The van der Waals surface area contributed by atoms with Crippen molar-refractivity contribution in [3.05, 3.63) is 58.9 Å². The maximum absolute atomic E-state index is 5.89. The fraction of sp³-hybridized carbons (Fsp3) is 0.353. The van der Waals surface area contributed by atoms with Crippen LogP contribution in [0.4, 0.5) is 0 Å². The quantitative estimate of drug-likeness (QED) is 0.877. The lowest BCUT2D eigenvalue weighted by Crippen LogP contribution is -2.08. The van der Waals surface area contributed by atoms with E-state index in [1.807, 2.05) is 19.1 Å². The van der Waals surface area contributed by atoms with Crippen LogP contribution in [-0.4, -0.2) is 11.5 Å². The highest BCUT2D eigenvalue weighted by Gasteiger charge is 2.05. The van der Waals surface area contributed by atoms with Gasteiger partial charge in [-0.25, -0.2) is 0 Å². The molecule has 1 aromatic heterocycles. The molecule has 0 fully saturated rings. The monoisotopic (exact) mass is 270 g/mol. The molecule has 1 heterocycles. The van der Waals surface area contributed by atoms with E-state index in [0.29, 0.717) is 13.2 Å². The molecule has 0 aliphatic rings. The van der Waals surface area contributed by atoms with E-state index in [4.69, 9.17) is 10.5 Å². The normalized spacial score (nSPS) is 10.6. The van der Waals surface area contributed by atoms with Crippen molar-refractivity contribution < 1.29 is 4.74 Å². The van der Waals surface area contributed by atoms with Gasteiger partial charge in [0.2, 0.25) is 0 Å². The van der Waals surface area contributed by atoms with Gasteiger partial charge in [0.05, 0.1) is 5.69 Å². The minimum Gasteiger partial charge on any atom is -0.487 e. The Balaban J connectivity index is 2.05. The summed E-state index contributed by atoms with van der Waals surface area (Å²) in [7, 11) is 0. The molecule has 106 valence electrons. The Morgan fingerprint density at radius 2 is 1.75 bits per heavy atom. The molecule has 0 atom stereocenters. The second-order valence-electron chi connectivity index (χ2n) is 4.89. The fourth-order valence-electron chi connectivity index (χ4n) is 2.08. The van der Waals surface area contributed by atoms with E-state index in [0.717, 1.165) is 30.0 Å². The van der Waals surface area contributed by atoms with Crippen LogP contribution in [0.1, 0.15) is 29.4 Å². The van der Waals surface area contributed by atoms with Gasteiger partial charge in [0.15, 0.2) is 0 Å². The highest BCUT2D eigenvalue weighted by atomic mass is 16.5. The largest absolute Gasteiger partial charge is 0.487 e. The van der Waals surface area contributed by atoms with Gasteiger partial charge in [0, 0.05) is 12.1 Å². The molecule has 0 unspecified atom stereocenters. The molecule has 1 aromatic carbocycles. The van der Waals surface area contributed by atoms with E-state index in [9.17, 15) is 0 Å². The molecule has 20 heavy (non-hydrogen) atoms. The number of benzene rings is 1. The zero-order chi connectivity index (χ0) is 14.4. The number of aromatic nitrogens is 1. The summed E-state index contributed by atoms with van der Waals surface area (Å²) in [5, 5.41) is 0. The number of hydrogen-bond acceptors (Lipinski definition) is 3. The number of nitrogens with zero attached hydrogens (tertiary/aromatic N) is 1. The molecular weight excluding hydrogens is 248 g/mol. The second kappa shape index (κ2) is 7.06. The zero-order valence-corrected chi connectivity index (χ0v) is 12.2. The first-order valence-electron chi connectivity index (χ1n) is 7.10. The first kappa shape index (κ1) is 14.5. The lowest BCUT2D eigenvalue weighted by Gasteiger charge is -2.11. The smallest absolute Gasteiger partial charge is 0.141 e. The third-order valence-electron chi connectivity index (χ3n) is 3.28. The maximum atomic E-state index is 5.89. The molecule has 0 aliphatic carbocycles. The van der Waals surface area contributed by atoms with E-state index < -0.39 is 0 Å². The Kier molecular flexibility index (Phi) is 5.13. The highest BCUT2D eigenvalue weighted by Crippen LogP contribution is 2.19. The molecule has 2 rings (SSSR count).